The van der Waals surface area contributed by atoms with E-state index in [9.17, 15) is 0 Å². The van der Waals surface area contributed by atoms with E-state index in [1.54, 1.807) is 11.3 Å². The van der Waals surface area contributed by atoms with Crippen molar-refractivity contribution in [3.8, 4) is 0 Å². The highest BCUT2D eigenvalue weighted by Gasteiger charge is 2.35. The summed E-state index contributed by atoms with van der Waals surface area (Å²) in [7, 11) is 0. The first-order chi connectivity index (χ1) is 10.7. The summed E-state index contributed by atoms with van der Waals surface area (Å²) < 4.78 is 0. The lowest BCUT2D eigenvalue weighted by Crippen LogP contribution is -2.40. The van der Waals surface area contributed by atoms with E-state index in [1.165, 1.54) is 43.6 Å². The minimum absolute atomic E-state index is 0. The second-order valence-electron chi connectivity index (χ2n) is 6.63. The normalized spacial score (nSPS) is 24.3. The zero-order chi connectivity index (χ0) is 15.5. The number of fused-ring (bicyclic) bond motifs is 1. The van der Waals surface area contributed by atoms with E-state index in [0.717, 1.165) is 35.0 Å². The van der Waals surface area contributed by atoms with E-state index in [0.29, 0.717) is 6.54 Å². The molecular formula is C17H29IN4S. The highest BCUT2D eigenvalue weighted by Crippen LogP contribution is 2.36. The highest BCUT2D eigenvalue weighted by atomic mass is 127. The molecule has 0 aromatic carbocycles. The van der Waals surface area contributed by atoms with Crippen LogP contribution in [0.1, 0.15) is 48.2 Å². The zero-order valence-corrected chi connectivity index (χ0v) is 17.6. The molecule has 130 valence electrons. The summed E-state index contributed by atoms with van der Waals surface area (Å²) in [6, 6.07) is 0. The number of halogens is 1. The first kappa shape index (κ1) is 19.0. The van der Waals surface area contributed by atoms with Crippen LogP contribution in [-0.2, 0) is 6.54 Å². The molecule has 2 unspecified atom stereocenters. The van der Waals surface area contributed by atoms with Crippen LogP contribution in [0.15, 0.2) is 4.99 Å². The predicted molar refractivity (Wildman–Crippen MR) is 109 cm³/mol. The molecule has 23 heavy (non-hydrogen) atoms. The monoisotopic (exact) mass is 448 g/mol. The third-order valence-electron chi connectivity index (χ3n) is 5.05. The molecule has 2 atom stereocenters. The number of aliphatic imine (C=N–C) groups is 1. The third kappa shape index (κ3) is 4.59. The van der Waals surface area contributed by atoms with Crippen molar-refractivity contribution in [1.82, 2.24) is 15.2 Å². The van der Waals surface area contributed by atoms with Crippen molar-refractivity contribution in [1.29, 1.82) is 0 Å². The number of hydrogen-bond acceptors (Lipinski definition) is 3. The Bertz CT molecular complexity index is 509. The van der Waals surface area contributed by atoms with Crippen LogP contribution in [0.2, 0.25) is 0 Å². The van der Waals surface area contributed by atoms with Crippen LogP contribution in [0, 0.1) is 25.7 Å². The maximum absolute atomic E-state index is 4.86. The van der Waals surface area contributed by atoms with Gasteiger partial charge in [-0.25, -0.2) is 9.98 Å². The lowest BCUT2D eigenvalue weighted by molar-refractivity contribution is 0.299. The largest absolute Gasteiger partial charge is 0.357 e. The van der Waals surface area contributed by atoms with Crippen LogP contribution >= 0.6 is 35.3 Å². The molecule has 0 bridgehead atoms. The molecule has 4 nitrogen and oxygen atoms in total. The molecule has 1 saturated carbocycles. The van der Waals surface area contributed by atoms with Gasteiger partial charge in [0.15, 0.2) is 5.96 Å². The molecule has 2 fully saturated rings. The molecule has 1 aliphatic carbocycles. The molecule has 2 heterocycles. The molecule has 3 rings (SSSR count). The van der Waals surface area contributed by atoms with Gasteiger partial charge >= 0.3 is 0 Å². The Kier molecular flexibility index (Phi) is 7.13. The minimum Gasteiger partial charge on any atom is -0.357 e. The number of hydrogen-bond donors (Lipinski definition) is 1. The molecule has 1 saturated heterocycles. The highest BCUT2D eigenvalue weighted by molar-refractivity contribution is 14.0. The summed E-state index contributed by atoms with van der Waals surface area (Å²) in [6.45, 7) is 10.4. The van der Waals surface area contributed by atoms with Crippen molar-refractivity contribution < 1.29 is 0 Å². The topological polar surface area (TPSA) is 40.5 Å². The molecule has 2 aliphatic rings. The summed E-state index contributed by atoms with van der Waals surface area (Å²) in [6.07, 6.45) is 5.65. The van der Waals surface area contributed by atoms with E-state index >= 15 is 0 Å². The number of aromatic nitrogens is 1. The lowest BCUT2D eigenvalue weighted by atomic mass is 9.82. The SMILES string of the molecule is CCNC(=NCc1nc(C)c(C)s1)N1CC2CCCCC2C1.I. The number of aryl methyl sites for hydroxylation is 2. The van der Waals surface area contributed by atoms with Crippen molar-refractivity contribution in [3.63, 3.8) is 0 Å². The van der Waals surface area contributed by atoms with E-state index in [1.807, 2.05) is 0 Å². The van der Waals surface area contributed by atoms with Gasteiger partial charge in [0.1, 0.15) is 5.01 Å². The zero-order valence-electron chi connectivity index (χ0n) is 14.5. The molecule has 0 radical (unpaired) electrons. The molecule has 0 amide bonds. The summed E-state index contributed by atoms with van der Waals surface area (Å²) in [4.78, 5) is 13.3. The van der Waals surface area contributed by atoms with Gasteiger partial charge in [-0.05, 0) is 45.4 Å². The second kappa shape index (κ2) is 8.65. The maximum Gasteiger partial charge on any atom is 0.194 e. The average Bonchev–Trinajstić information content (AvgIpc) is 3.07. The Morgan fingerprint density at radius 1 is 1.26 bits per heavy atom. The third-order valence-corrected chi connectivity index (χ3v) is 6.11. The molecule has 6 heteroatoms. The Morgan fingerprint density at radius 3 is 2.43 bits per heavy atom. The quantitative estimate of drug-likeness (QED) is 0.432. The van der Waals surface area contributed by atoms with Gasteiger partial charge in [0.05, 0.1) is 12.2 Å². The van der Waals surface area contributed by atoms with Gasteiger partial charge in [-0.1, -0.05) is 12.8 Å². The number of thiazole rings is 1. The van der Waals surface area contributed by atoms with Gasteiger partial charge in [0, 0.05) is 24.5 Å². The standard InChI is InChI=1S/C17H28N4S.HI/c1-4-18-17(19-9-16-20-12(2)13(3)22-16)21-10-14-7-5-6-8-15(14)11-21;/h14-15H,4-11H2,1-3H3,(H,18,19);1H. The van der Waals surface area contributed by atoms with Gasteiger partial charge in [-0.2, -0.15) is 0 Å². The smallest absolute Gasteiger partial charge is 0.194 e. The maximum atomic E-state index is 4.86. The van der Waals surface area contributed by atoms with Gasteiger partial charge < -0.3 is 10.2 Å². The van der Waals surface area contributed by atoms with Crippen LogP contribution in [0.25, 0.3) is 0 Å². The fourth-order valence-electron chi connectivity index (χ4n) is 3.75. The van der Waals surface area contributed by atoms with Crippen molar-refractivity contribution in [2.75, 3.05) is 19.6 Å². The molecule has 1 aromatic rings. The first-order valence-electron chi connectivity index (χ1n) is 8.63. The van der Waals surface area contributed by atoms with Gasteiger partial charge in [-0.3, -0.25) is 0 Å². The van der Waals surface area contributed by atoms with E-state index in [2.05, 4.69) is 36.0 Å². The summed E-state index contributed by atoms with van der Waals surface area (Å²) in [5.41, 5.74) is 1.15. The average molecular weight is 448 g/mol. The molecule has 1 aromatic heterocycles. The number of rotatable bonds is 3. The van der Waals surface area contributed by atoms with Gasteiger partial charge in [0.25, 0.3) is 0 Å². The summed E-state index contributed by atoms with van der Waals surface area (Å²) in [5.74, 6) is 2.87. The van der Waals surface area contributed by atoms with Crippen molar-refractivity contribution in [3.05, 3.63) is 15.6 Å². The molecular weight excluding hydrogens is 419 g/mol. The lowest BCUT2D eigenvalue weighted by Gasteiger charge is -2.22. The Balaban J connectivity index is 0.00000192. The summed E-state index contributed by atoms with van der Waals surface area (Å²) >= 11 is 1.77. The number of nitrogens with zero attached hydrogens (tertiary/aromatic N) is 3. The number of likely N-dealkylation sites (tertiary alicyclic amines) is 1. The van der Waals surface area contributed by atoms with Crippen molar-refractivity contribution in [2.24, 2.45) is 16.8 Å². The Hall–Kier alpha value is -0.370. The van der Waals surface area contributed by atoms with Crippen molar-refractivity contribution >= 4 is 41.3 Å². The number of nitrogens with one attached hydrogen (secondary N) is 1. The van der Waals surface area contributed by atoms with Gasteiger partial charge in [0.2, 0.25) is 0 Å². The van der Waals surface area contributed by atoms with Crippen LogP contribution in [-0.4, -0.2) is 35.5 Å². The van der Waals surface area contributed by atoms with Crippen LogP contribution in [0.4, 0.5) is 0 Å². The molecule has 0 spiro atoms. The molecule has 1 aliphatic heterocycles. The van der Waals surface area contributed by atoms with Gasteiger partial charge in [-0.15, -0.1) is 35.3 Å². The fraction of sp³-hybridized carbons (Fsp3) is 0.765. The Labute approximate surface area is 161 Å². The summed E-state index contributed by atoms with van der Waals surface area (Å²) in [5, 5.41) is 4.61. The van der Waals surface area contributed by atoms with E-state index in [-0.39, 0.29) is 24.0 Å². The van der Waals surface area contributed by atoms with E-state index in [4.69, 9.17) is 4.99 Å². The number of guanidine groups is 1. The first-order valence-corrected chi connectivity index (χ1v) is 9.45. The van der Waals surface area contributed by atoms with Crippen LogP contribution in [0.3, 0.4) is 0 Å². The molecule has 1 N–H and O–H groups in total. The van der Waals surface area contributed by atoms with Crippen LogP contribution in [0.5, 0.6) is 0 Å². The minimum atomic E-state index is 0. The predicted octanol–water partition coefficient (Wildman–Crippen LogP) is 3.97. The Morgan fingerprint density at radius 2 is 1.91 bits per heavy atom. The van der Waals surface area contributed by atoms with E-state index < -0.39 is 0 Å². The fourth-order valence-corrected chi connectivity index (χ4v) is 4.61. The second-order valence-corrected chi connectivity index (χ2v) is 7.92. The van der Waals surface area contributed by atoms with Crippen LogP contribution < -0.4 is 5.32 Å². The van der Waals surface area contributed by atoms with Crippen molar-refractivity contribution in [2.45, 2.75) is 53.0 Å².